The summed E-state index contributed by atoms with van der Waals surface area (Å²) in [4.78, 5) is 22.6. The van der Waals surface area contributed by atoms with Gasteiger partial charge in [0.1, 0.15) is 24.2 Å². The second-order valence-electron chi connectivity index (χ2n) is 5.38. The molecule has 0 aliphatic heterocycles. The number of methoxy groups -OCH3 is 3. The molecular weight excluding hydrogens is 344 g/mol. The van der Waals surface area contributed by atoms with Crippen LogP contribution in [0, 0.1) is 10.1 Å². The molecule has 0 saturated heterocycles. The van der Waals surface area contributed by atoms with Gasteiger partial charge in [-0.05, 0) is 25.1 Å². The van der Waals surface area contributed by atoms with E-state index < -0.39 is 4.92 Å². The van der Waals surface area contributed by atoms with Crippen molar-refractivity contribution in [3.8, 4) is 17.4 Å². The van der Waals surface area contributed by atoms with E-state index in [0.717, 1.165) is 16.4 Å². The van der Waals surface area contributed by atoms with E-state index in [0.29, 0.717) is 11.5 Å². The van der Waals surface area contributed by atoms with Crippen molar-refractivity contribution in [2.75, 3.05) is 21.3 Å². The minimum atomic E-state index is -0.621. The molecule has 1 N–H and O–H groups in total. The van der Waals surface area contributed by atoms with Crippen LogP contribution < -0.4 is 19.5 Å². The number of benzene rings is 1. The second kappa shape index (κ2) is 8.19. The maximum Gasteiger partial charge on any atom is 0.350 e. The summed E-state index contributed by atoms with van der Waals surface area (Å²) in [6.07, 6.45) is 1.15. The molecule has 10 heteroatoms. The maximum atomic E-state index is 12.3. The summed E-state index contributed by atoms with van der Waals surface area (Å²) in [7, 11) is 4.36. The van der Waals surface area contributed by atoms with Gasteiger partial charge >= 0.3 is 11.6 Å². The fourth-order valence-electron chi connectivity index (χ4n) is 2.43. The van der Waals surface area contributed by atoms with Crippen molar-refractivity contribution >= 4 is 11.6 Å². The third-order valence-electron chi connectivity index (χ3n) is 3.69. The number of ether oxygens (including phenoxy) is 3. The molecule has 1 aromatic carbocycles. The van der Waals surface area contributed by atoms with Crippen molar-refractivity contribution in [3.63, 3.8) is 0 Å². The largest absolute Gasteiger partial charge is 0.497 e. The van der Waals surface area contributed by atoms with Gasteiger partial charge in [-0.1, -0.05) is 0 Å². The molecule has 26 heavy (non-hydrogen) atoms. The molecule has 2 aromatic rings. The Labute approximate surface area is 149 Å². The summed E-state index contributed by atoms with van der Waals surface area (Å²) in [5.74, 6) is 0.720. The predicted molar refractivity (Wildman–Crippen MR) is 91.5 cm³/mol. The summed E-state index contributed by atoms with van der Waals surface area (Å²) in [6.45, 7) is 1.60. The molecule has 1 unspecified atom stereocenters. The number of nitrogens with one attached hydrogen (secondary N) is 1. The highest BCUT2D eigenvalue weighted by Gasteiger charge is 2.22. The minimum Gasteiger partial charge on any atom is -0.497 e. The first kappa shape index (κ1) is 19.0. The molecule has 0 fully saturated rings. The lowest BCUT2D eigenvalue weighted by Gasteiger charge is -2.18. The van der Waals surface area contributed by atoms with Gasteiger partial charge in [-0.2, -0.15) is 0 Å². The van der Waals surface area contributed by atoms with Gasteiger partial charge in [0.15, 0.2) is 0 Å². The van der Waals surface area contributed by atoms with E-state index in [9.17, 15) is 14.9 Å². The van der Waals surface area contributed by atoms with Crippen LogP contribution in [0.15, 0.2) is 24.4 Å². The van der Waals surface area contributed by atoms with Crippen LogP contribution in [0.2, 0.25) is 0 Å². The van der Waals surface area contributed by atoms with Crippen molar-refractivity contribution in [2.45, 2.75) is 19.5 Å². The molecular formula is C16H20N4O6. The smallest absolute Gasteiger partial charge is 0.350 e. The van der Waals surface area contributed by atoms with Crippen LogP contribution in [0.25, 0.3) is 0 Å². The minimum absolute atomic E-state index is 0.148. The standard InChI is InChI=1S/C16H20N4O6/c1-10(12-7-11(24-2)5-6-14(12)25-3)17-15(21)9-19-8-13(20(22)23)16(18-19)26-4/h5-8,10H,9H2,1-4H3,(H,17,21). The molecule has 0 spiro atoms. The number of amides is 1. The number of aromatic nitrogens is 2. The number of hydrogen-bond donors (Lipinski definition) is 1. The van der Waals surface area contributed by atoms with Gasteiger partial charge in [-0.25, -0.2) is 0 Å². The average molecular weight is 364 g/mol. The summed E-state index contributed by atoms with van der Waals surface area (Å²) in [6, 6.07) is 4.90. The van der Waals surface area contributed by atoms with Crippen LogP contribution in [0.1, 0.15) is 18.5 Å². The lowest BCUT2D eigenvalue weighted by atomic mass is 10.1. The zero-order valence-corrected chi connectivity index (χ0v) is 14.9. The molecule has 0 aliphatic rings. The van der Waals surface area contributed by atoms with Crippen molar-refractivity contribution in [2.24, 2.45) is 0 Å². The number of nitrogens with zero attached hydrogens (tertiary/aromatic N) is 3. The molecule has 1 heterocycles. The predicted octanol–water partition coefficient (Wildman–Crippen LogP) is 1.69. The third-order valence-corrected chi connectivity index (χ3v) is 3.69. The monoisotopic (exact) mass is 364 g/mol. The number of carbonyl (C=O) groups is 1. The SMILES string of the molecule is COc1ccc(OC)c(C(C)NC(=O)Cn2cc([N+](=O)[O-])c(OC)n2)c1. The maximum absolute atomic E-state index is 12.3. The lowest BCUT2D eigenvalue weighted by molar-refractivity contribution is -0.385. The zero-order valence-electron chi connectivity index (χ0n) is 14.9. The van der Waals surface area contributed by atoms with Crippen molar-refractivity contribution in [1.82, 2.24) is 15.1 Å². The molecule has 1 atom stereocenters. The Morgan fingerprint density at radius 2 is 2.04 bits per heavy atom. The van der Waals surface area contributed by atoms with Gasteiger partial charge < -0.3 is 19.5 Å². The van der Waals surface area contributed by atoms with Crippen LogP contribution >= 0.6 is 0 Å². The Balaban J connectivity index is 2.11. The molecule has 0 bridgehead atoms. The first-order valence-corrected chi connectivity index (χ1v) is 7.66. The quantitative estimate of drug-likeness (QED) is 0.559. The van der Waals surface area contributed by atoms with Crippen molar-refractivity contribution in [1.29, 1.82) is 0 Å². The second-order valence-corrected chi connectivity index (χ2v) is 5.38. The van der Waals surface area contributed by atoms with Crippen LogP contribution in [0.3, 0.4) is 0 Å². The number of hydrogen-bond acceptors (Lipinski definition) is 7. The number of carbonyl (C=O) groups excluding carboxylic acids is 1. The highest BCUT2D eigenvalue weighted by molar-refractivity contribution is 5.76. The van der Waals surface area contributed by atoms with E-state index in [1.165, 1.54) is 14.2 Å². The number of nitro groups is 1. The highest BCUT2D eigenvalue weighted by Crippen LogP contribution is 2.29. The molecule has 0 radical (unpaired) electrons. The van der Waals surface area contributed by atoms with Gasteiger partial charge in [-0.3, -0.25) is 19.6 Å². The van der Waals surface area contributed by atoms with E-state index in [1.54, 1.807) is 32.2 Å². The van der Waals surface area contributed by atoms with Crippen molar-refractivity contribution < 1.29 is 23.9 Å². The first-order chi connectivity index (χ1) is 12.4. The summed E-state index contributed by atoms with van der Waals surface area (Å²) >= 11 is 0. The van der Waals surface area contributed by atoms with E-state index in [1.807, 2.05) is 0 Å². The lowest BCUT2D eigenvalue weighted by Crippen LogP contribution is -2.30. The molecule has 2 rings (SSSR count). The molecule has 10 nitrogen and oxygen atoms in total. The molecule has 1 amide bonds. The van der Waals surface area contributed by atoms with Gasteiger partial charge in [0.25, 0.3) is 0 Å². The topological polar surface area (TPSA) is 118 Å². The van der Waals surface area contributed by atoms with E-state index in [-0.39, 0.29) is 30.1 Å². The van der Waals surface area contributed by atoms with Crippen LogP contribution in [0.5, 0.6) is 17.4 Å². The Morgan fingerprint density at radius 1 is 1.31 bits per heavy atom. The van der Waals surface area contributed by atoms with Crippen molar-refractivity contribution in [3.05, 3.63) is 40.1 Å². The van der Waals surface area contributed by atoms with E-state index >= 15 is 0 Å². The van der Waals surface area contributed by atoms with Gasteiger partial charge in [0.2, 0.25) is 5.91 Å². The average Bonchev–Trinajstić information content (AvgIpc) is 3.03. The van der Waals surface area contributed by atoms with E-state index in [2.05, 4.69) is 10.4 Å². The summed E-state index contributed by atoms with van der Waals surface area (Å²) in [5, 5.41) is 17.6. The Hall–Kier alpha value is -3.30. The van der Waals surface area contributed by atoms with E-state index in [4.69, 9.17) is 14.2 Å². The molecule has 0 saturated carbocycles. The molecule has 1 aromatic heterocycles. The van der Waals surface area contributed by atoms with Crippen LogP contribution in [-0.4, -0.2) is 41.9 Å². The fraction of sp³-hybridized carbons (Fsp3) is 0.375. The fourth-order valence-corrected chi connectivity index (χ4v) is 2.43. The van der Waals surface area contributed by atoms with Gasteiger partial charge in [0, 0.05) is 5.56 Å². The normalized spacial score (nSPS) is 11.5. The summed E-state index contributed by atoms with van der Waals surface area (Å²) in [5.41, 5.74) is 0.437. The van der Waals surface area contributed by atoms with Gasteiger partial charge in [-0.15, -0.1) is 5.10 Å². The zero-order chi connectivity index (χ0) is 19.3. The third kappa shape index (κ3) is 4.21. The molecule has 140 valence electrons. The Bertz CT molecular complexity index is 804. The van der Waals surface area contributed by atoms with Crippen LogP contribution in [-0.2, 0) is 11.3 Å². The molecule has 0 aliphatic carbocycles. The van der Waals surface area contributed by atoms with Gasteiger partial charge in [0.05, 0.1) is 32.3 Å². The highest BCUT2D eigenvalue weighted by atomic mass is 16.6. The number of rotatable bonds is 8. The summed E-state index contributed by atoms with van der Waals surface area (Å²) < 4.78 is 16.5. The Kier molecular flexibility index (Phi) is 5.99. The Morgan fingerprint density at radius 3 is 2.58 bits per heavy atom. The van der Waals surface area contributed by atoms with Crippen LogP contribution in [0.4, 0.5) is 5.69 Å². The first-order valence-electron chi connectivity index (χ1n) is 7.66.